The zero-order valence-corrected chi connectivity index (χ0v) is 14.2. The van der Waals surface area contributed by atoms with Crippen molar-refractivity contribution in [3.05, 3.63) is 35.4 Å². The Balaban J connectivity index is 1.96. The predicted octanol–water partition coefficient (Wildman–Crippen LogP) is 1.47. The van der Waals surface area contributed by atoms with Gasteiger partial charge in [-0.25, -0.2) is 26.8 Å². The third-order valence-corrected chi connectivity index (χ3v) is 5.43. The van der Waals surface area contributed by atoms with Crippen molar-refractivity contribution in [1.82, 2.24) is 0 Å². The van der Waals surface area contributed by atoms with Crippen LogP contribution in [0.25, 0.3) is 0 Å². The number of ether oxygens (including phenoxy) is 1. The third-order valence-electron chi connectivity index (χ3n) is 4.15. The number of carboxylic acid groups (broad SMARTS) is 1. The highest BCUT2D eigenvalue weighted by molar-refractivity contribution is 7.94. The van der Waals surface area contributed by atoms with Crippen LogP contribution in [0.15, 0.2) is 23.7 Å². The number of carboxylic acids is 1. The van der Waals surface area contributed by atoms with Gasteiger partial charge in [0, 0.05) is 30.3 Å². The van der Waals surface area contributed by atoms with Crippen LogP contribution in [0, 0.1) is 11.6 Å². The van der Waals surface area contributed by atoms with Crippen molar-refractivity contribution in [2.45, 2.75) is 19.1 Å². The Hall–Kier alpha value is -2.69. The van der Waals surface area contributed by atoms with Crippen LogP contribution in [0.5, 0.6) is 0 Å². The van der Waals surface area contributed by atoms with E-state index < -0.39 is 51.4 Å². The number of sulfone groups is 1. The first-order chi connectivity index (χ1) is 12.1. The number of carbonyl (C=O) groups is 2. The highest BCUT2D eigenvalue weighted by Gasteiger charge is 2.44. The molecule has 2 heterocycles. The molecule has 1 amide bonds. The highest BCUT2D eigenvalue weighted by atomic mass is 32.2. The molecule has 11 heteroatoms. The van der Waals surface area contributed by atoms with Gasteiger partial charge in [-0.05, 0) is 6.92 Å². The van der Waals surface area contributed by atoms with E-state index in [2.05, 4.69) is 0 Å². The Kier molecular flexibility index (Phi) is 4.34. The van der Waals surface area contributed by atoms with Crippen molar-refractivity contribution in [1.29, 1.82) is 0 Å². The summed E-state index contributed by atoms with van der Waals surface area (Å²) >= 11 is 0. The monoisotopic (exact) mass is 388 g/mol. The van der Waals surface area contributed by atoms with E-state index in [0.717, 1.165) is 33.5 Å². The van der Waals surface area contributed by atoms with Crippen molar-refractivity contribution < 1.29 is 36.6 Å². The summed E-state index contributed by atoms with van der Waals surface area (Å²) in [7, 11) is -3.39. The molecular formula is C15H14F2N2O6S. The molecule has 0 aromatic heterocycles. The van der Waals surface area contributed by atoms with Gasteiger partial charge in [0.15, 0.2) is 21.5 Å². The van der Waals surface area contributed by atoms with Gasteiger partial charge in [-0.1, -0.05) is 0 Å². The van der Waals surface area contributed by atoms with Gasteiger partial charge in [-0.3, -0.25) is 4.90 Å². The standard InChI is InChI=1S/C15H14F2N2O6S/c1-8-13(14(20)21)25-15(22)19(8)9-6-10(16)12(11(17)7-9)18-2-4-26(23,24)5-3-18/h2,4,6-8,13H,3,5H2,1H3,(H,20,21)/t8?,13-/m1/s1. The van der Waals surface area contributed by atoms with E-state index in [-0.39, 0.29) is 18.0 Å². The van der Waals surface area contributed by atoms with E-state index in [1.54, 1.807) is 0 Å². The number of amides is 1. The minimum Gasteiger partial charge on any atom is -0.478 e. The van der Waals surface area contributed by atoms with E-state index in [1.165, 1.54) is 6.92 Å². The maximum atomic E-state index is 14.5. The number of hydrogen-bond acceptors (Lipinski definition) is 6. The summed E-state index contributed by atoms with van der Waals surface area (Å²) in [6.45, 7) is 1.25. The normalized spacial score (nSPS) is 24.7. The largest absolute Gasteiger partial charge is 0.478 e. The zero-order chi connectivity index (χ0) is 19.2. The Morgan fingerprint density at radius 2 is 1.92 bits per heavy atom. The van der Waals surface area contributed by atoms with Crippen molar-refractivity contribution in [2.24, 2.45) is 0 Å². The number of halogens is 2. The summed E-state index contributed by atoms with van der Waals surface area (Å²) in [5, 5.41) is 9.88. The Morgan fingerprint density at radius 3 is 2.38 bits per heavy atom. The molecule has 1 aromatic rings. The molecule has 8 nitrogen and oxygen atoms in total. The van der Waals surface area contributed by atoms with E-state index in [1.807, 2.05) is 0 Å². The molecule has 1 saturated heterocycles. The van der Waals surface area contributed by atoms with Gasteiger partial charge in [0.25, 0.3) is 0 Å². The van der Waals surface area contributed by atoms with Crippen LogP contribution >= 0.6 is 0 Å². The first kappa shape index (κ1) is 18.1. The molecule has 1 N–H and O–H groups in total. The maximum Gasteiger partial charge on any atom is 0.415 e. The highest BCUT2D eigenvalue weighted by Crippen LogP contribution is 2.33. The van der Waals surface area contributed by atoms with Crippen LogP contribution in [0.2, 0.25) is 0 Å². The molecule has 1 unspecified atom stereocenters. The lowest BCUT2D eigenvalue weighted by Gasteiger charge is -2.26. The predicted molar refractivity (Wildman–Crippen MR) is 86.5 cm³/mol. The number of hydrogen-bond donors (Lipinski definition) is 1. The fourth-order valence-electron chi connectivity index (χ4n) is 2.85. The second kappa shape index (κ2) is 6.24. The van der Waals surface area contributed by atoms with E-state index >= 15 is 0 Å². The van der Waals surface area contributed by atoms with E-state index in [4.69, 9.17) is 9.84 Å². The van der Waals surface area contributed by atoms with Gasteiger partial charge in [0.1, 0.15) is 5.69 Å². The van der Waals surface area contributed by atoms with Crippen molar-refractivity contribution in [2.75, 3.05) is 22.1 Å². The number of nitrogens with zero attached hydrogens (tertiary/aromatic N) is 2. The molecule has 0 radical (unpaired) electrons. The number of aliphatic carboxylic acids is 1. The van der Waals surface area contributed by atoms with Gasteiger partial charge in [-0.2, -0.15) is 0 Å². The van der Waals surface area contributed by atoms with E-state index in [0.29, 0.717) is 0 Å². The van der Waals surface area contributed by atoms with E-state index in [9.17, 15) is 26.8 Å². The van der Waals surface area contributed by atoms with Crippen molar-refractivity contribution in [3.63, 3.8) is 0 Å². The lowest BCUT2D eigenvalue weighted by Crippen LogP contribution is -2.37. The van der Waals surface area contributed by atoms with Crippen LogP contribution in [0.4, 0.5) is 25.0 Å². The lowest BCUT2D eigenvalue weighted by molar-refractivity contribution is -0.145. The topological polar surface area (TPSA) is 104 Å². The first-order valence-corrected chi connectivity index (χ1v) is 9.21. The molecule has 2 aliphatic heterocycles. The second-order valence-electron chi connectivity index (χ2n) is 5.86. The fourth-order valence-corrected chi connectivity index (χ4v) is 3.77. The van der Waals surface area contributed by atoms with Crippen LogP contribution in [-0.4, -0.2) is 50.0 Å². The Bertz CT molecular complexity index is 894. The molecule has 1 aromatic carbocycles. The quantitative estimate of drug-likeness (QED) is 0.836. The average Bonchev–Trinajstić information content (AvgIpc) is 2.83. The Morgan fingerprint density at radius 1 is 1.31 bits per heavy atom. The lowest BCUT2D eigenvalue weighted by atomic mass is 10.1. The molecule has 0 saturated carbocycles. The van der Waals surface area contributed by atoms with Crippen LogP contribution in [0.3, 0.4) is 0 Å². The fraction of sp³-hybridized carbons (Fsp3) is 0.333. The van der Waals surface area contributed by atoms with Crippen LogP contribution < -0.4 is 9.80 Å². The summed E-state index contributed by atoms with van der Waals surface area (Å²) < 4.78 is 56.4. The molecule has 2 atom stereocenters. The number of carbonyl (C=O) groups excluding carboxylic acids is 1. The molecule has 0 aliphatic carbocycles. The second-order valence-corrected chi connectivity index (χ2v) is 7.86. The zero-order valence-electron chi connectivity index (χ0n) is 13.4. The number of cyclic esters (lactones) is 1. The summed E-state index contributed by atoms with van der Waals surface area (Å²) in [5.74, 6) is -3.71. The van der Waals surface area contributed by atoms with Gasteiger partial charge < -0.3 is 14.7 Å². The SMILES string of the molecule is CC1[C@H](C(=O)O)OC(=O)N1c1cc(F)c(N2C=CS(=O)(=O)CC2)c(F)c1. The summed E-state index contributed by atoms with van der Waals surface area (Å²) in [4.78, 5) is 24.9. The number of benzene rings is 1. The number of anilines is 2. The summed E-state index contributed by atoms with van der Waals surface area (Å²) in [6.07, 6.45) is -1.42. The molecular weight excluding hydrogens is 374 g/mol. The molecule has 2 aliphatic rings. The first-order valence-electron chi connectivity index (χ1n) is 7.50. The third kappa shape index (κ3) is 3.09. The number of rotatable bonds is 3. The maximum absolute atomic E-state index is 14.5. The van der Waals surface area contributed by atoms with Gasteiger partial charge >= 0.3 is 12.1 Å². The molecule has 0 spiro atoms. The molecule has 3 rings (SSSR count). The average molecular weight is 388 g/mol. The summed E-state index contributed by atoms with van der Waals surface area (Å²) in [6, 6.07) is 0.777. The van der Waals surface area contributed by atoms with Crippen molar-refractivity contribution in [3.8, 4) is 0 Å². The molecule has 140 valence electrons. The Labute approximate surface area is 147 Å². The van der Waals surface area contributed by atoms with Crippen LogP contribution in [-0.2, 0) is 19.4 Å². The van der Waals surface area contributed by atoms with Gasteiger partial charge in [0.2, 0.25) is 6.10 Å². The molecule has 1 fully saturated rings. The summed E-state index contributed by atoms with van der Waals surface area (Å²) in [5.41, 5.74) is -0.659. The smallest absolute Gasteiger partial charge is 0.415 e. The minimum atomic E-state index is -3.39. The van der Waals surface area contributed by atoms with Gasteiger partial charge in [-0.15, -0.1) is 0 Å². The minimum absolute atomic E-state index is 0.130. The van der Waals surface area contributed by atoms with Crippen molar-refractivity contribution >= 4 is 33.3 Å². The molecule has 0 bridgehead atoms. The van der Waals surface area contributed by atoms with Gasteiger partial charge in [0.05, 0.1) is 17.5 Å². The molecule has 26 heavy (non-hydrogen) atoms. The van der Waals surface area contributed by atoms with Crippen LogP contribution in [0.1, 0.15) is 6.92 Å².